The SMILES string of the molecule is CC(CCOC(C)C)NC(=O)CC1CN(C(=O)c2cncc3ccccc23)CCN1C(c1ccccc1)c1ccccc1. The first kappa shape index (κ1) is 30.4. The maximum atomic E-state index is 14.0. The second-order valence-electron chi connectivity index (χ2n) is 11.7. The van der Waals surface area contributed by atoms with Gasteiger partial charge in [-0.3, -0.25) is 19.5 Å². The number of hydrogen-bond donors (Lipinski definition) is 1. The second kappa shape index (κ2) is 14.4. The number of benzene rings is 3. The molecular formula is C36H42N4O3. The van der Waals surface area contributed by atoms with Gasteiger partial charge in [-0.1, -0.05) is 84.9 Å². The average Bonchev–Trinajstić information content (AvgIpc) is 3.02. The van der Waals surface area contributed by atoms with Gasteiger partial charge in [-0.15, -0.1) is 0 Å². The van der Waals surface area contributed by atoms with Crippen LogP contribution in [0.2, 0.25) is 0 Å². The fourth-order valence-electron chi connectivity index (χ4n) is 5.98. The molecule has 3 aromatic carbocycles. The van der Waals surface area contributed by atoms with Crippen LogP contribution in [0.15, 0.2) is 97.3 Å². The summed E-state index contributed by atoms with van der Waals surface area (Å²) in [6, 6.07) is 28.4. The van der Waals surface area contributed by atoms with Crippen LogP contribution in [-0.2, 0) is 9.53 Å². The van der Waals surface area contributed by atoms with Crippen molar-refractivity contribution in [3.8, 4) is 0 Å². The molecule has 0 saturated carbocycles. The van der Waals surface area contributed by atoms with Crippen LogP contribution < -0.4 is 5.32 Å². The van der Waals surface area contributed by atoms with Crippen molar-refractivity contribution in [3.05, 3.63) is 114 Å². The molecule has 0 spiro atoms. The van der Waals surface area contributed by atoms with Gasteiger partial charge in [-0.05, 0) is 43.7 Å². The van der Waals surface area contributed by atoms with Crippen molar-refractivity contribution in [1.82, 2.24) is 20.1 Å². The van der Waals surface area contributed by atoms with Crippen LogP contribution in [0.4, 0.5) is 0 Å². The number of piperazine rings is 1. The van der Waals surface area contributed by atoms with E-state index in [2.05, 4.69) is 63.7 Å². The molecule has 7 heteroatoms. The van der Waals surface area contributed by atoms with E-state index >= 15 is 0 Å². The maximum Gasteiger partial charge on any atom is 0.256 e. The zero-order valence-corrected chi connectivity index (χ0v) is 25.4. The van der Waals surface area contributed by atoms with Crippen molar-refractivity contribution >= 4 is 22.6 Å². The standard InChI is InChI=1S/C36H42N4O3/c1-26(2)43-21-18-27(3)38-34(41)22-31-25-39(36(42)33-24-37-23-30-16-10-11-17-32(30)33)19-20-40(31)35(28-12-6-4-7-13-28)29-14-8-5-9-15-29/h4-17,23-24,26-27,31,35H,18-22,25H2,1-3H3,(H,38,41). The molecule has 5 rings (SSSR count). The van der Waals surface area contributed by atoms with Crippen molar-refractivity contribution in [2.75, 3.05) is 26.2 Å². The Labute approximate surface area is 254 Å². The molecule has 2 amide bonds. The fourth-order valence-corrected chi connectivity index (χ4v) is 5.98. The van der Waals surface area contributed by atoms with Crippen molar-refractivity contribution in [1.29, 1.82) is 0 Å². The third kappa shape index (κ3) is 7.66. The number of nitrogens with one attached hydrogen (secondary N) is 1. The zero-order valence-electron chi connectivity index (χ0n) is 25.4. The lowest BCUT2D eigenvalue weighted by atomic mass is 9.93. The second-order valence-corrected chi connectivity index (χ2v) is 11.7. The van der Waals surface area contributed by atoms with Crippen molar-refractivity contribution in [2.45, 2.75) is 57.8 Å². The van der Waals surface area contributed by atoms with E-state index in [1.54, 1.807) is 12.4 Å². The van der Waals surface area contributed by atoms with Crippen molar-refractivity contribution in [3.63, 3.8) is 0 Å². The normalized spacial score (nSPS) is 16.5. The smallest absolute Gasteiger partial charge is 0.256 e. The molecule has 1 saturated heterocycles. The van der Waals surface area contributed by atoms with Gasteiger partial charge in [0.1, 0.15) is 0 Å². The Morgan fingerprint density at radius 3 is 2.21 bits per heavy atom. The number of amides is 2. The van der Waals surface area contributed by atoms with E-state index in [0.717, 1.165) is 28.3 Å². The van der Waals surface area contributed by atoms with Gasteiger partial charge in [0.15, 0.2) is 0 Å². The number of ether oxygens (including phenoxy) is 1. The summed E-state index contributed by atoms with van der Waals surface area (Å²) in [6.45, 7) is 8.26. The van der Waals surface area contributed by atoms with Gasteiger partial charge in [0.25, 0.3) is 5.91 Å². The third-order valence-electron chi connectivity index (χ3n) is 8.11. The Bertz CT molecular complexity index is 1450. The lowest BCUT2D eigenvalue weighted by Gasteiger charge is -2.45. The maximum absolute atomic E-state index is 14.0. The molecule has 7 nitrogen and oxygen atoms in total. The molecule has 1 N–H and O–H groups in total. The quantitative estimate of drug-likeness (QED) is 0.241. The topological polar surface area (TPSA) is 74.8 Å². The molecule has 2 heterocycles. The van der Waals surface area contributed by atoms with Gasteiger partial charge >= 0.3 is 0 Å². The Kier molecular flexibility index (Phi) is 10.2. The highest BCUT2D eigenvalue weighted by atomic mass is 16.5. The molecule has 1 aliphatic rings. The van der Waals surface area contributed by atoms with Gasteiger partial charge < -0.3 is 15.0 Å². The Balaban J connectivity index is 1.42. The monoisotopic (exact) mass is 578 g/mol. The third-order valence-corrected chi connectivity index (χ3v) is 8.11. The predicted octanol–water partition coefficient (Wildman–Crippen LogP) is 5.86. The molecule has 4 aromatic rings. The van der Waals surface area contributed by atoms with E-state index in [4.69, 9.17) is 4.74 Å². The van der Waals surface area contributed by atoms with E-state index in [1.807, 2.05) is 62.1 Å². The minimum absolute atomic E-state index is 0.0122. The minimum Gasteiger partial charge on any atom is -0.379 e. The molecule has 1 aliphatic heterocycles. The first-order valence-corrected chi connectivity index (χ1v) is 15.3. The van der Waals surface area contributed by atoms with Crippen LogP contribution in [0.25, 0.3) is 10.8 Å². The summed E-state index contributed by atoms with van der Waals surface area (Å²) in [5.74, 6) is -0.0717. The molecule has 2 unspecified atom stereocenters. The predicted molar refractivity (Wildman–Crippen MR) is 171 cm³/mol. The van der Waals surface area contributed by atoms with Gasteiger partial charge in [-0.2, -0.15) is 0 Å². The van der Waals surface area contributed by atoms with E-state index < -0.39 is 0 Å². The molecule has 0 radical (unpaired) electrons. The van der Waals surface area contributed by atoms with Crippen molar-refractivity contribution in [2.24, 2.45) is 0 Å². The van der Waals surface area contributed by atoms with Crippen LogP contribution >= 0.6 is 0 Å². The number of aromatic nitrogens is 1. The number of hydrogen-bond acceptors (Lipinski definition) is 5. The summed E-state index contributed by atoms with van der Waals surface area (Å²) in [5.41, 5.74) is 2.92. The van der Waals surface area contributed by atoms with Crippen molar-refractivity contribution < 1.29 is 14.3 Å². The molecule has 224 valence electrons. The van der Waals surface area contributed by atoms with Gasteiger partial charge in [0, 0.05) is 62.5 Å². The summed E-state index contributed by atoms with van der Waals surface area (Å²) in [6.07, 6.45) is 4.63. The van der Waals surface area contributed by atoms with Gasteiger partial charge in [-0.25, -0.2) is 0 Å². The Morgan fingerprint density at radius 2 is 1.53 bits per heavy atom. The first-order chi connectivity index (χ1) is 20.9. The summed E-state index contributed by atoms with van der Waals surface area (Å²) in [4.78, 5) is 36.1. The average molecular weight is 579 g/mol. The van der Waals surface area contributed by atoms with E-state index in [-0.39, 0.29) is 42.5 Å². The highest BCUT2D eigenvalue weighted by Gasteiger charge is 2.37. The summed E-state index contributed by atoms with van der Waals surface area (Å²) >= 11 is 0. The summed E-state index contributed by atoms with van der Waals surface area (Å²) in [7, 11) is 0. The molecule has 1 aromatic heterocycles. The van der Waals surface area contributed by atoms with Crippen LogP contribution in [0.5, 0.6) is 0 Å². The number of carbonyl (C=O) groups is 2. The summed E-state index contributed by atoms with van der Waals surface area (Å²) in [5, 5.41) is 5.01. The Morgan fingerprint density at radius 1 is 0.884 bits per heavy atom. The van der Waals surface area contributed by atoms with Gasteiger partial charge in [0.05, 0.1) is 17.7 Å². The van der Waals surface area contributed by atoms with Crippen LogP contribution in [0.1, 0.15) is 61.1 Å². The van der Waals surface area contributed by atoms with E-state index in [9.17, 15) is 9.59 Å². The minimum atomic E-state index is -0.190. The van der Waals surface area contributed by atoms with Crippen LogP contribution in [0, 0.1) is 0 Å². The molecule has 0 aliphatic carbocycles. The molecule has 0 bridgehead atoms. The zero-order chi connectivity index (χ0) is 30.2. The Hall–Kier alpha value is -4.07. The van der Waals surface area contributed by atoms with Crippen LogP contribution in [-0.4, -0.2) is 71.0 Å². The molecular weight excluding hydrogens is 536 g/mol. The number of nitrogens with zero attached hydrogens (tertiary/aromatic N) is 3. The number of pyridine rings is 1. The lowest BCUT2D eigenvalue weighted by molar-refractivity contribution is -0.123. The number of rotatable bonds is 11. The molecule has 1 fully saturated rings. The fraction of sp³-hybridized carbons (Fsp3) is 0.361. The largest absolute Gasteiger partial charge is 0.379 e. The molecule has 43 heavy (non-hydrogen) atoms. The first-order valence-electron chi connectivity index (χ1n) is 15.3. The molecule has 2 atom stereocenters. The highest BCUT2D eigenvalue weighted by molar-refractivity contribution is 6.06. The van der Waals surface area contributed by atoms with Crippen LogP contribution in [0.3, 0.4) is 0 Å². The van der Waals surface area contributed by atoms with E-state index in [0.29, 0.717) is 31.8 Å². The highest BCUT2D eigenvalue weighted by Crippen LogP contribution is 2.33. The number of fused-ring (bicyclic) bond motifs is 1. The number of carbonyl (C=O) groups excluding carboxylic acids is 2. The lowest BCUT2D eigenvalue weighted by Crippen LogP contribution is -2.57. The van der Waals surface area contributed by atoms with Gasteiger partial charge in [0.2, 0.25) is 5.91 Å². The van der Waals surface area contributed by atoms with E-state index in [1.165, 1.54) is 0 Å². The summed E-state index contributed by atoms with van der Waals surface area (Å²) < 4.78 is 5.69.